The van der Waals surface area contributed by atoms with Crippen LogP contribution in [0.2, 0.25) is 0 Å². The van der Waals surface area contributed by atoms with E-state index in [0.717, 1.165) is 0 Å². The number of allylic oxidation sites excluding steroid dienone is 1. The van der Waals surface area contributed by atoms with Crippen molar-refractivity contribution in [3.63, 3.8) is 0 Å². The van der Waals surface area contributed by atoms with E-state index >= 15 is 0 Å². The zero-order valence-electron chi connectivity index (χ0n) is 19.4. The maximum atomic E-state index is 10.3. The standard InChI is InChI=1S/C23H34O12/c1-4-23(2,3)11-7-10(32-21-19(30)17(28)15(26)13(8-24)34-21)5-6-12(11)33-22-20(31)18(29)16(27)14(9-25)35-22/h4-7,13-22,24-31H,1,8-9H2,2-3H3/t13-,14-,15-,16-,17+,18+,19-,20-,21-,22-/m1/s1. The Kier molecular flexibility index (Phi) is 8.76. The van der Waals surface area contributed by atoms with Crippen LogP contribution < -0.4 is 9.47 Å². The van der Waals surface area contributed by atoms with Gasteiger partial charge in [0, 0.05) is 11.0 Å². The Bertz CT molecular complexity index is 859. The molecule has 2 aliphatic rings. The van der Waals surface area contributed by atoms with Crippen molar-refractivity contribution >= 4 is 0 Å². The molecular weight excluding hydrogens is 468 g/mol. The molecule has 0 radical (unpaired) electrons. The molecule has 0 spiro atoms. The Hall–Kier alpha value is -1.84. The quantitative estimate of drug-likeness (QED) is 0.174. The second kappa shape index (κ2) is 11.0. The van der Waals surface area contributed by atoms with Gasteiger partial charge in [-0.25, -0.2) is 0 Å². The average Bonchev–Trinajstić information content (AvgIpc) is 2.85. The molecule has 0 amide bonds. The Labute approximate surface area is 202 Å². The Morgan fingerprint density at radius 3 is 1.74 bits per heavy atom. The SMILES string of the molecule is C=CC(C)(C)c1cc(O[C@@H]2O[C@H](CO)[C@@H](O)[C@H](O)[C@H]2O)ccc1O[C@@H]1O[C@H](CO)[C@@H](O)[C@H](O)[C@H]1O. The topological polar surface area (TPSA) is 199 Å². The molecule has 2 fully saturated rings. The number of aliphatic hydroxyl groups excluding tert-OH is 8. The van der Waals surface area contributed by atoms with Gasteiger partial charge in [-0.2, -0.15) is 0 Å². The molecular formula is C23H34O12. The highest BCUT2D eigenvalue weighted by Gasteiger charge is 2.46. The van der Waals surface area contributed by atoms with Gasteiger partial charge in [0.25, 0.3) is 0 Å². The van der Waals surface area contributed by atoms with Gasteiger partial charge in [-0.05, 0) is 18.2 Å². The van der Waals surface area contributed by atoms with Crippen LogP contribution in [0.15, 0.2) is 30.9 Å². The summed E-state index contributed by atoms with van der Waals surface area (Å²) < 4.78 is 22.3. The van der Waals surface area contributed by atoms with Crippen LogP contribution in [0.1, 0.15) is 19.4 Å². The Balaban J connectivity index is 1.88. The molecule has 0 aliphatic carbocycles. The summed E-state index contributed by atoms with van der Waals surface area (Å²) in [6, 6.07) is 4.47. The highest BCUT2D eigenvalue weighted by molar-refractivity contribution is 5.46. The maximum absolute atomic E-state index is 10.3. The smallest absolute Gasteiger partial charge is 0.229 e. The minimum absolute atomic E-state index is 0.181. The molecule has 12 heteroatoms. The Morgan fingerprint density at radius 1 is 0.800 bits per heavy atom. The van der Waals surface area contributed by atoms with Gasteiger partial charge in [-0.1, -0.05) is 19.9 Å². The number of ether oxygens (including phenoxy) is 4. The zero-order valence-corrected chi connectivity index (χ0v) is 19.4. The van der Waals surface area contributed by atoms with E-state index in [2.05, 4.69) is 6.58 Å². The van der Waals surface area contributed by atoms with E-state index in [4.69, 9.17) is 18.9 Å². The first-order chi connectivity index (χ1) is 16.4. The Morgan fingerprint density at radius 2 is 1.29 bits per heavy atom. The van der Waals surface area contributed by atoms with E-state index in [0.29, 0.717) is 5.56 Å². The average molecular weight is 503 g/mol. The van der Waals surface area contributed by atoms with Crippen molar-refractivity contribution in [2.75, 3.05) is 13.2 Å². The summed E-state index contributed by atoms with van der Waals surface area (Å²) in [5.74, 6) is 0.390. The first-order valence-electron chi connectivity index (χ1n) is 11.2. The molecule has 2 saturated heterocycles. The molecule has 0 saturated carbocycles. The fraction of sp³-hybridized carbons (Fsp3) is 0.652. The number of rotatable bonds is 8. The van der Waals surface area contributed by atoms with Crippen LogP contribution >= 0.6 is 0 Å². The molecule has 10 atom stereocenters. The van der Waals surface area contributed by atoms with E-state index in [9.17, 15) is 40.9 Å². The number of benzene rings is 1. The lowest BCUT2D eigenvalue weighted by molar-refractivity contribution is -0.278. The van der Waals surface area contributed by atoms with E-state index in [1.54, 1.807) is 12.1 Å². The molecule has 3 rings (SSSR count). The predicted octanol–water partition coefficient (Wildman–Crippen LogP) is -2.49. The van der Waals surface area contributed by atoms with Crippen LogP contribution in [0, 0.1) is 0 Å². The molecule has 198 valence electrons. The highest BCUT2D eigenvalue weighted by atomic mass is 16.7. The van der Waals surface area contributed by atoms with Gasteiger partial charge < -0.3 is 59.8 Å². The molecule has 0 unspecified atom stereocenters. The molecule has 2 aliphatic heterocycles. The van der Waals surface area contributed by atoms with Crippen molar-refractivity contribution in [1.29, 1.82) is 0 Å². The van der Waals surface area contributed by atoms with Gasteiger partial charge in [0.15, 0.2) is 0 Å². The van der Waals surface area contributed by atoms with Gasteiger partial charge in [-0.3, -0.25) is 0 Å². The first kappa shape index (κ1) is 27.7. The molecule has 0 aromatic heterocycles. The summed E-state index contributed by atoms with van der Waals surface area (Å²) in [5.41, 5.74) is -0.232. The number of hydrogen-bond acceptors (Lipinski definition) is 12. The lowest BCUT2D eigenvalue weighted by Crippen LogP contribution is -2.60. The lowest BCUT2D eigenvalue weighted by atomic mass is 9.84. The van der Waals surface area contributed by atoms with Gasteiger partial charge >= 0.3 is 0 Å². The van der Waals surface area contributed by atoms with Crippen molar-refractivity contribution in [2.45, 2.75) is 80.7 Å². The largest absolute Gasteiger partial charge is 0.462 e. The van der Waals surface area contributed by atoms with Crippen LogP contribution in [-0.2, 0) is 14.9 Å². The monoisotopic (exact) mass is 502 g/mol. The van der Waals surface area contributed by atoms with Crippen LogP contribution in [-0.4, -0.2) is 115 Å². The van der Waals surface area contributed by atoms with Crippen molar-refractivity contribution in [3.8, 4) is 11.5 Å². The predicted molar refractivity (Wildman–Crippen MR) is 118 cm³/mol. The van der Waals surface area contributed by atoms with Crippen molar-refractivity contribution in [3.05, 3.63) is 36.4 Å². The number of hydrogen-bond donors (Lipinski definition) is 8. The van der Waals surface area contributed by atoms with Crippen LogP contribution in [0.5, 0.6) is 11.5 Å². The van der Waals surface area contributed by atoms with Gasteiger partial charge in [0.2, 0.25) is 12.6 Å². The summed E-state index contributed by atoms with van der Waals surface area (Å²) in [6.07, 6.45) is -13.0. The van der Waals surface area contributed by atoms with Crippen molar-refractivity contribution in [2.24, 2.45) is 0 Å². The van der Waals surface area contributed by atoms with Gasteiger partial charge in [0.1, 0.15) is 60.3 Å². The summed E-state index contributed by atoms with van der Waals surface area (Å²) in [6.45, 7) is 6.23. The fourth-order valence-electron chi connectivity index (χ4n) is 3.89. The molecule has 1 aromatic rings. The van der Waals surface area contributed by atoms with E-state index in [-0.39, 0.29) is 11.5 Å². The highest BCUT2D eigenvalue weighted by Crippen LogP contribution is 2.38. The third-order valence-corrected chi connectivity index (χ3v) is 6.35. The molecule has 1 aromatic carbocycles. The van der Waals surface area contributed by atoms with Crippen LogP contribution in [0.25, 0.3) is 0 Å². The van der Waals surface area contributed by atoms with E-state index < -0.39 is 80.0 Å². The van der Waals surface area contributed by atoms with Crippen molar-refractivity contribution in [1.82, 2.24) is 0 Å². The molecule has 35 heavy (non-hydrogen) atoms. The van der Waals surface area contributed by atoms with Gasteiger partial charge in [0.05, 0.1) is 13.2 Å². The summed E-state index contributed by atoms with van der Waals surface area (Å²) >= 11 is 0. The molecule has 0 bridgehead atoms. The minimum Gasteiger partial charge on any atom is -0.462 e. The van der Waals surface area contributed by atoms with E-state index in [1.807, 2.05) is 13.8 Å². The summed E-state index contributed by atoms with van der Waals surface area (Å²) in [5, 5.41) is 79.4. The third kappa shape index (κ3) is 5.62. The molecule has 8 N–H and O–H groups in total. The maximum Gasteiger partial charge on any atom is 0.229 e. The van der Waals surface area contributed by atoms with Crippen molar-refractivity contribution < 1.29 is 59.8 Å². The number of aliphatic hydroxyl groups is 8. The van der Waals surface area contributed by atoms with Gasteiger partial charge in [-0.15, -0.1) is 6.58 Å². The minimum atomic E-state index is -1.62. The normalized spacial score (nSPS) is 38.1. The first-order valence-corrected chi connectivity index (χ1v) is 11.2. The zero-order chi connectivity index (χ0) is 26.1. The fourth-order valence-corrected chi connectivity index (χ4v) is 3.89. The molecule has 2 heterocycles. The second-order valence-corrected chi connectivity index (χ2v) is 9.21. The lowest BCUT2D eigenvalue weighted by Gasteiger charge is -2.40. The molecule has 12 nitrogen and oxygen atoms in total. The van der Waals surface area contributed by atoms with E-state index in [1.165, 1.54) is 12.1 Å². The van der Waals surface area contributed by atoms with Crippen LogP contribution in [0.3, 0.4) is 0 Å². The second-order valence-electron chi connectivity index (χ2n) is 9.21. The summed E-state index contributed by atoms with van der Waals surface area (Å²) in [7, 11) is 0. The summed E-state index contributed by atoms with van der Waals surface area (Å²) in [4.78, 5) is 0. The van der Waals surface area contributed by atoms with Crippen LogP contribution in [0.4, 0.5) is 0 Å². The third-order valence-electron chi connectivity index (χ3n) is 6.35.